The number of nitrogens with one attached hydrogen (secondary N) is 1. The highest BCUT2D eigenvalue weighted by Gasteiger charge is 2.32. The van der Waals surface area contributed by atoms with Gasteiger partial charge in [0.15, 0.2) is 0 Å². The molecule has 7 heteroatoms. The Morgan fingerprint density at radius 1 is 1.45 bits per heavy atom. The summed E-state index contributed by atoms with van der Waals surface area (Å²) in [4.78, 5) is 18.6. The molecule has 3 aromatic rings. The number of halogens is 1. The summed E-state index contributed by atoms with van der Waals surface area (Å²) in [5.74, 6) is -0.206. The number of imidazole rings is 1. The average molecular weight is 272 g/mol. The minimum atomic E-state index is -1.06. The van der Waals surface area contributed by atoms with Crippen LogP contribution in [0.3, 0.4) is 0 Å². The summed E-state index contributed by atoms with van der Waals surface area (Å²) in [6.07, 6.45) is 0.285. The lowest BCUT2D eigenvalue weighted by atomic mass is 10.1. The third-order valence-corrected chi connectivity index (χ3v) is 3.56. The predicted molar refractivity (Wildman–Crippen MR) is 69.7 cm³/mol. The fraction of sp³-hybridized carbons (Fsp3) is 0.0769. The average Bonchev–Trinajstić information content (AvgIpc) is 2.91. The van der Waals surface area contributed by atoms with E-state index in [1.54, 1.807) is 0 Å². The van der Waals surface area contributed by atoms with Crippen LogP contribution < -0.4 is 11.3 Å². The predicted octanol–water partition coefficient (Wildman–Crippen LogP) is 0.806. The molecule has 2 aromatic heterocycles. The molecule has 2 heterocycles. The van der Waals surface area contributed by atoms with Crippen LogP contribution in [0.1, 0.15) is 17.4 Å². The first kappa shape index (κ1) is 11.2. The molecule has 0 aliphatic heterocycles. The maximum absolute atomic E-state index is 13.3. The number of nitrogens with zero attached hydrogens (tertiary/aromatic N) is 2. The monoisotopic (exact) mass is 272 g/mol. The van der Waals surface area contributed by atoms with Crippen molar-refractivity contribution in [2.45, 2.75) is 6.10 Å². The number of hydrogen-bond acceptors (Lipinski definition) is 4. The second-order valence-corrected chi connectivity index (χ2v) is 4.69. The van der Waals surface area contributed by atoms with E-state index in [1.807, 2.05) is 0 Å². The highest BCUT2D eigenvalue weighted by atomic mass is 19.1. The molecule has 1 unspecified atom stereocenters. The molecule has 0 spiro atoms. The van der Waals surface area contributed by atoms with E-state index in [-0.39, 0.29) is 11.5 Å². The van der Waals surface area contributed by atoms with Crippen LogP contribution in [0.5, 0.6) is 0 Å². The molecule has 1 atom stereocenters. The molecule has 100 valence electrons. The van der Waals surface area contributed by atoms with Gasteiger partial charge in [-0.2, -0.15) is 0 Å². The largest absolute Gasteiger partial charge is 0.383 e. The fourth-order valence-electron chi connectivity index (χ4n) is 2.72. The van der Waals surface area contributed by atoms with Gasteiger partial charge < -0.3 is 15.8 Å². The Bertz CT molecular complexity index is 928. The number of H-pyrrole nitrogens is 1. The maximum Gasteiger partial charge on any atom is 0.292 e. The number of hydrogen-bond donors (Lipinski definition) is 3. The highest BCUT2D eigenvalue weighted by molar-refractivity contribution is 5.75. The third kappa shape index (κ3) is 1.19. The molecule has 0 saturated carbocycles. The zero-order valence-corrected chi connectivity index (χ0v) is 10.1. The molecule has 4 N–H and O–H groups in total. The van der Waals surface area contributed by atoms with Crippen molar-refractivity contribution in [1.29, 1.82) is 0 Å². The van der Waals surface area contributed by atoms with Crippen molar-refractivity contribution in [3.8, 4) is 11.3 Å². The molecule has 20 heavy (non-hydrogen) atoms. The molecule has 0 bridgehead atoms. The molecular weight excluding hydrogens is 263 g/mol. The van der Waals surface area contributed by atoms with Crippen molar-refractivity contribution >= 4 is 11.5 Å². The molecule has 0 amide bonds. The lowest BCUT2D eigenvalue weighted by Crippen LogP contribution is -2.16. The van der Waals surface area contributed by atoms with Crippen LogP contribution >= 0.6 is 0 Å². The van der Waals surface area contributed by atoms with E-state index in [0.29, 0.717) is 22.5 Å². The lowest BCUT2D eigenvalue weighted by molar-refractivity contribution is 0.218. The van der Waals surface area contributed by atoms with Crippen LogP contribution in [0.25, 0.3) is 16.9 Å². The van der Waals surface area contributed by atoms with Gasteiger partial charge in [0.05, 0.1) is 17.6 Å². The first-order valence-electron chi connectivity index (χ1n) is 5.95. The van der Waals surface area contributed by atoms with E-state index in [9.17, 15) is 14.3 Å². The lowest BCUT2D eigenvalue weighted by Gasteiger charge is -2.09. The standard InChI is InChI=1S/C13H9FN4O2/c14-5-1-2-6-7(3-5)11(19)10-9(6)17-13(20)12-16-4-8(15)18(10)12/h1-4,11,19H,15H2,(H,17,20). The van der Waals surface area contributed by atoms with Crippen molar-refractivity contribution in [3.05, 3.63) is 51.8 Å². The first-order valence-corrected chi connectivity index (χ1v) is 5.95. The van der Waals surface area contributed by atoms with E-state index in [4.69, 9.17) is 5.73 Å². The van der Waals surface area contributed by atoms with Gasteiger partial charge in [-0.05, 0) is 23.8 Å². The van der Waals surface area contributed by atoms with Crippen molar-refractivity contribution < 1.29 is 9.50 Å². The second kappa shape index (κ2) is 3.45. The SMILES string of the molecule is Nc1cnc2c(=O)[nH]c3c(n12)C(O)c1cc(F)ccc1-3. The number of aliphatic hydroxyl groups is 1. The molecule has 1 aromatic carbocycles. The highest BCUT2D eigenvalue weighted by Crippen LogP contribution is 2.42. The van der Waals surface area contributed by atoms with Crippen LogP contribution in [-0.2, 0) is 0 Å². The van der Waals surface area contributed by atoms with Crippen molar-refractivity contribution in [1.82, 2.24) is 14.4 Å². The van der Waals surface area contributed by atoms with Gasteiger partial charge in [-0.1, -0.05) is 0 Å². The Hall–Kier alpha value is -2.67. The van der Waals surface area contributed by atoms with Crippen LogP contribution in [0, 0.1) is 5.82 Å². The second-order valence-electron chi connectivity index (χ2n) is 4.69. The van der Waals surface area contributed by atoms with Crippen molar-refractivity contribution in [3.63, 3.8) is 0 Å². The van der Waals surface area contributed by atoms with Crippen molar-refractivity contribution in [2.75, 3.05) is 5.73 Å². The zero-order valence-electron chi connectivity index (χ0n) is 10.1. The summed E-state index contributed by atoms with van der Waals surface area (Å²) in [6, 6.07) is 4.05. The molecule has 6 nitrogen and oxygen atoms in total. The maximum atomic E-state index is 13.3. The van der Waals surface area contributed by atoms with E-state index < -0.39 is 17.5 Å². The number of nitrogens with two attached hydrogens (primary N) is 1. The van der Waals surface area contributed by atoms with Gasteiger partial charge in [0, 0.05) is 5.56 Å². The Labute approximate surface area is 111 Å². The van der Waals surface area contributed by atoms with Crippen LogP contribution in [0.2, 0.25) is 0 Å². The topological polar surface area (TPSA) is 96.4 Å². The Kier molecular flexibility index (Phi) is 1.93. The number of fused-ring (bicyclic) bond motifs is 5. The quantitative estimate of drug-likeness (QED) is 0.564. The number of benzene rings is 1. The summed E-state index contributed by atoms with van der Waals surface area (Å²) >= 11 is 0. The Morgan fingerprint density at radius 2 is 2.25 bits per heavy atom. The summed E-state index contributed by atoms with van der Waals surface area (Å²) in [6.45, 7) is 0. The number of aromatic nitrogens is 3. The van der Waals surface area contributed by atoms with Gasteiger partial charge in [0.2, 0.25) is 5.65 Å². The number of aliphatic hydroxyl groups excluding tert-OH is 1. The smallest absolute Gasteiger partial charge is 0.292 e. The van der Waals surface area contributed by atoms with Gasteiger partial charge in [-0.3, -0.25) is 9.20 Å². The molecule has 1 aliphatic carbocycles. The summed E-state index contributed by atoms with van der Waals surface area (Å²) < 4.78 is 14.7. The van der Waals surface area contributed by atoms with Crippen LogP contribution in [0.15, 0.2) is 29.2 Å². The van der Waals surface area contributed by atoms with E-state index in [1.165, 1.54) is 28.8 Å². The Morgan fingerprint density at radius 3 is 3.05 bits per heavy atom. The van der Waals surface area contributed by atoms with Crippen LogP contribution in [0.4, 0.5) is 10.2 Å². The molecule has 1 aliphatic rings. The molecular formula is C13H9FN4O2. The number of rotatable bonds is 0. The minimum absolute atomic E-state index is 0.105. The normalized spacial score (nSPS) is 16.4. The molecule has 0 saturated heterocycles. The summed E-state index contributed by atoms with van der Waals surface area (Å²) in [5.41, 5.74) is 7.32. The molecule has 4 rings (SSSR count). The molecule has 0 fully saturated rings. The van der Waals surface area contributed by atoms with Gasteiger partial charge in [0.1, 0.15) is 17.7 Å². The first-order chi connectivity index (χ1) is 9.58. The van der Waals surface area contributed by atoms with Crippen molar-refractivity contribution in [2.24, 2.45) is 0 Å². The molecule has 0 radical (unpaired) electrons. The minimum Gasteiger partial charge on any atom is -0.383 e. The zero-order chi connectivity index (χ0) is 14.0. The van der Waals surface area contributed by atoms with E-state index >= 15 is 0 Å². The number of nitrogen functional groups attached to an aromatic ring is 1. The summed E-state index contributed by atoms with van der Waals surface area (Å²) in [7, 11) is 0. The fourth-order valence-corrected chi connectivity index (χ4v) is 2.72. The number of anilines is 1. The van der Waals surface area contributed by atoms with Gasteiger partial charge in [0.25, 0.3) is 5.56 Å². The van der Waals surface area contributed by atoms with Gasteiger partial charge in [-0.25, -0.2) is 9.37 Å². The van der Waals surface area contributed by atoms with Gasteiger partial charge in [-0.15, -0.1) is 0 Å². The van der Waals surface area contributed by atoms with E-state index in [2.05, 4.69) is 9.97 Å². The van der Waals surface area contributed by atoms with Crippen LogP contribution in [-0.4, -0.2) is 19.5 Å². The third-order valence-electron chi connectivity index (χ3n) is 3.56. The summed E-state index contributed by atoms with van der Waals surface area (Å²) in [5, 5.41) is 10.4. The Balaban J connectivity index is 2.20. The number of aromatic amines is 1. The van der Waals surface area contributed by atoms with E-state index in [0.717, 1.165) is 0 Å². The van der Waals surface area contributed by atoms with Gasteiger partial charge >= 0.3 is 0 Å².